The number of benzene rings is 2. The van der Waals surface area contributed by atoms with Gasteiger partial charge in [-0.2, -0.15) is 5.10 Å². The number of hydrogen-bond acceptors (Lipinski definition) is 5. The molecule has 2 N–H and O–H groups in total. The van der Waals surface area contributed by atoms with Crippen molar-refractivity contribution < 1.29 is 19.4 Å². The molecule has 0 spiro atoms. The van der Waals surface area contributed by atoms with Crippen LogP contribution < -0.4 is 14.9 Å². The molecule has 0 aromatic heterocycles. The SMILES string of the molecule is COc1cc(C=NNC(=O)COc2cc(C)ccc2C)ccc1O. The highest BCUT2D eigenvalue weighted by Gasteiger charge is 2.05. The lowest BCUT2D eigenvalue weighted by molar-refractivity contribution is -0.123. The molecule has 0 bridgehead atoms. The molecule has 0 radical (unpaired) electrons. The van der Waals surface area contributed by atoms with Gasteiger partial charge in [0.25, 0.3) is 5.91 Å². The summed E-state index contributed by atoms with van der Waals surface area (Å²) in [4.78, 5) is 11.8. The van der Waals surface area contributed by atoms with Crippen LogP contribution in [0.1, 0.15) is 16.7 Å². The maximum absolute atomic E-state index is 11.8. The van der Waals surface area contributed by atoms with Gasteiger partial charge in [0.1, 0.15) is 5.75 Å². The highest BCUT2D eigenvalue weighted by atomic mass is 16.5. The summed E-state index contributed by atoms with van der Waals surface area (Å²) in [7, 11) is 1.46. The molecule has 0 saturated carbocycles. The number of nitrogens with zero attached hydrogens (tertiary/aromatic N) is 1. The maximum atomic E-state index is 11.8. The number of phenols is 1. The minimum absolute atomic E-state index is 0.0422. The van der Waals surface area contributed by atoms with Crippen molar-refractivity contribution in [3.05, 3.63) is 53.1 Å². The molecular weight excluding hydrogens is 308 g/mol. The summed E-state index contributed by atoms with van der Waals surface area (Å²) >= 11 is 0. The van der Waals surface area contributed by atoms with Crippen LogP contribution in [0.15, 0.2) is 41.5 Å². The zero-order valence-corrected chi connectivity index (χ0v) is 13.9. The van der Waals surface area contributed by atoms with Gasteiger partial charge in [-0.05, 0) is 54.8 Å². The number of aryl methyl sites for hydroxylation is 2. The molecule has 2 rings (SSSR count). The smallest absolute Gasteiger partial charge is 0.277 e. The molecule has 24 heavy (non-hydrogen) atoms. The van der Waals surface area contributed by atoms with Crippen molar-refractivity contribution in [2.24, 2.45) is 5.10 Å². The van der Waals surface area contributed by atoms with Gasteiger partial charge in [-0.3, -0.25) is 4.79 Å². The van der Waals surface area contributed by atoms with Gasteiger partial charge in [0.2, 0.25) is 0 Å². The molecule has 2 aromatic rings. The molecule has 0 atom stereocenters. The Morgan fingerprint density at radius 3 is 2.75 bits per heavy atom. The number of methoxy groups -OCH3 is 1. The summed E-state index contributed by atoms with van der Waals surface area (Å²) in [5.41, 5.74) is 5.10. The average molecular weight is 328 g/mol. The Labute approximate surface area is 140 Å². The van der Waals surface area contributed by atoms with E-state index in [0.29, 0.717) is 17.1 Å². The Kier molecular flexibility index (Phi) is 5.78. The van der Waals surface area contributed by atoms with Crippen molar-refractivity contribution in [1.82, 2.24) is 5.43 Å². The van der Waals surface area contributed by atoms with Crippen LogP contribution in [-0.2, 0) is 4.79 Å². The lowest BCUT2D eigenvalue weighted by Gasteiger charge is -2.08. The van der Waals surface area contributed by atoms with E-state index in [-0.39, 0.29) is 18.3 Å². The molecule has 0 aliphatic heterocycles. The van der Waals surface area contributed by atoms with E-state index >= 15 is 0 Å². The van der Waals surface area contributed by atoms with E-state index in [1.807, 2.05) is 32.0 Å². The van der Waals surface area contributed by atoms with Gasteiger partial charge in [-0.15, -0.1) is 0 Å². The van der Waals surface area contributed by atoms with Gasteiger partial charge >= 0.3 is 0 Å². The highest BCUT2D eigenvalue weighted by molar-refractivity contribution is 5.83. The van der Waals surface area contributed by atoms with Crippen molar-refractivity contribution in [2.45, 2.75) is 13.8 Å². The topological polar surface area (TPSA) is 80.2 Å². The van der Waals surface area contributed by atoms with Gasteiger partial charge in [0.05, 0.1) is 13.3 Å². The Hall–Kier alpha value is -3.02. The molecule has 126 valence electrons. The third kappa shape index (κ3) is 4.74. The lowest BCUT2D eigenvalue weighted by atomic mass is 10.1. The number of hydrogen-bond donors (Lipinski definition) is 2. The number of ether oxygens (including phenoxy) is 2. The van der Waals surface area contributed by atoms with Crippen molar-refractivity contribution >= 4 is 12.1 Å². The summed E-state index contributed by atoms with van der Waals surface area (Å²) in [6, 6.07) is 10.6. The first-order valence-electron chi connectivity index (χ1n) is 7.38. The molecular formula is C18H20N2O4. The number of aromatic hydroxyl groups is 1. The van der Waals surface area contributed by atoms with E-state index in [0.717, 1.165) is 11.1 Å². The Morgan fingerprint density at radius 2 is 2.00 bits per heavy atom. The third-order valence-corrected chi connectivity index (χ3v) is 3.31. The molecule has 6 nitrogen and oxygen atoms in total. The van der Waals surface area contributed by atoms with Crippen molar-refractivity contribution in [1.29, 1.82) is 0 Å². The first kappa shape index (κ1) is 17.3. The van der Waals surface area contributed by atoms with Gasteiger partial charge in [0, 0.05) is 0 Å². The molecule has 0 aliphatic rings. The number of carbonyl (C=O) groups is 1. The minimum atomic E-state index is -0.363. The summed E-state index contributed by atoms with van der Waals surface area (Å²) in [6.07, 6.45) is 1.46. The maximum Gasteiger partial charge on any atom is 0.277 e. The fourth-order valence-electron chi connectivity index (χ4n) is 1.99. The quantitative estimate of drug-likeness (QED) is 0.631. The summed E-state index contributed by atoms with van der Waals surface area (Å²) in [5.74, 6) is 0.694. The van der Waals surface area contributed by atoms with E-state index < -0.39 is 0 Å². The fourth-order valence-corrected chi connectivity index (χ4v) is 1.99. The van der Waals surface area contributed by atoms with E-state index in [1.165, 1.54) is 19.4 Å². The van der Waals surface area contributed by atoms with E-state index in [9.17, 15) is 9.90 Å². The third-order valence-electron chi connectivity index (χ3n) is 3.31. The lowest BCUT2D eigenvalue weighted by Crippen LogP contribution is -2.24. The Balaban J connectivity index is 1.88. The second-order valence-electron chi connectivity index (χ2n) is 5.28. The number of amides is 1. The molecule has 0 unspecified atom stereocenters. The number of carbonyl (C=O) groups excluding carboxylic acids is 1. The second kappa shape index (κ2) is 8.01. The van der Waals surface area contributed by atoms with Crippen molar-refractivity contribution in [3.8, 4) is 17.2 Å². The molecule has 0 fully saturated rings. The van der Waals surface area contributed by atoms with E-state index in [4.69, 9.17) is 9.47 Å². The molecule has 6 heteroatoms. The van der Waals surface area contributed by atoms with Gasteiger partial charge in [-0.1, -0.05) is 12.1 Å². The fraction of sp³-hybridized carbons (Fsp3) is 0.222. The van der Waals surface area contributed by atoms with Gasteiger partial charge < -0.3 is 14.6 Å². The van der Waals surface area contributed by atoms with Gasteiger partial charge in [0.15, 0.2) is 18.1 Å². The molecule has 0 aliphatic carbocycles. The van der Waals surface area contributed by atoms with Crippen LogP contribution in [0.3, 0.4) is 0 Å². The van der Waals surface area contributed by atoms with Crippen molar-refractivity contribution in [3.63, 3.8) is 0 Å². The molecule has 0 heterocycles. The van der Waals surface area contributed by atoms with Crippen LogP contribution in [0, 0.1) is 13.8 Å². The summed E-state index contributed by atoms with van der Waals surface area (Å²) < 4.78 is 10.5. The number of phenolic OH excluding ortho intramolecular Hbond substituents is 1. The van der Waals surface area contributed by atoms with Crippen LogP contribution in [0.25, 0.3) is 0 Å². The highest BCUT2D eigenvalue weighted by Crippen LogP contribution is 2.25. The number of rotatable bonds is 6. The molecule has 1 amide bonds. The van der Waals surface area contributed by atoms with Crippen LogP contribution >= 0.6 is 0 Å². The zero-order chi connectivity index (χ0) is 17.5. The minimum Gasteiger partial charge on any atom is -0.504 e. The van der Waals surface area contributed by atoms with Crippen molar-refractivity contribution in [2.75, 3.05) is 13.7 Å². The first-order chi connectivity index (χ1) is 11.5. The van der Waals surface area contributed by atoms with Crippen LogP contribution in [0.4, 0.5) is 0 Å². The first-order valence-corrected chi connectivity index (χ1v) is 7.38. The average Bonchev–Trinajstić information content (AvgIpc) is 2.57. The van der Waals surface area contributed by atoms with Crippen LogP contribution in [0.2, 0.25) is 0 Å². The van der Waals surface area contributed by atoms with Crippen LogP contribution in [0.5, 0.6) is 17.2 Å². The molecule has 0 saturated heterocycles. The second-order valence-corrected chi connectivity index (χ2v) is 5.28. The Morgan fingerprint density at radius 1 is 1.21 bits per heavy atom. The summed E-state index contributed by atoms with van der Waals surface area (Å²) in [5, 5.41) is 13.4. The van der Waals surface area contributed by atoms with Crippen LogP contribution in [-0.4, -0.2) is 30.9 Å². The summed E-state index contributed by atoms with van der Waals surface area (Å²) in [6.45, 7) is 3.76. The standard InChI is InChI=1S/C18H20N2O4/c1-12-4-5-13(2)16(8-12)24-11-18(22)20-19-10-14-6-7-15(21)17(9-14)23-3/h4-10,21H,11H2,1-3H3,(H,20,22). The normalized spacial score (nSPS) is 10.6. The van der Waals surface area contributed by atoms with E-state index in [1.54, 1.807) is 12.1 Å². The Bertz CT molecular complexity index is 757. The number of hydrazone groups is 1. The molecule has 2 aromatic carbocycles. The predicted octanol–water partition coefficient (Wildman–Crippen LogP) is 2.55. The van der Waals surface area contributed by atoms with Gasteiger partial charge in [-0.25, -0.2) is 5.43 Å². The monoisotopic (exact) mass is 328 g/mol. The largest absolute Gasteiger partial charge is 0.504 e. The van der Waals surface area contributed by atoms with E-state index in [2.05, 4.69) is 10.5 Å². The predicted molar refractivity (Wildman–Crippen MR) is 91.8 cm³/mol. The zero-order valence-electron chi connectivity index (χ0n) is 13.9. The number of nitrogens with one attached hydrogen (secondary N) is 1.